The molecule has 1 amide bonds. The molecule has 0 aliphatic carbocycles. The van der Waals surface area contributed by atoms with Crippen LogP contribution in [0.2, 0.25) is 0 Å². The summed E-state index contributed by atoms with van der Waals surface area (Å²) in [7, 11) is 0. The predicted octanol–water partition coefficient (Wildman–Crippen LogP) is 2.21. The highest BCUT2D eigenvalue weighted by molar-refractivity contribution is 5.85. The van der Waals surface area contributed by atoms with Crippen molar-refractivity contribution in [3.63, 3.8) is 0 Å². The highest BCUT2D eigenvalue weighted by Gasteiger charge is 2.20. The molecule has 1 heterocycles. The van der Waals surface area contributed by atoms with Gasteiger partial charge in [-0.2, -0.15) is 0 Å². The summed E-state index contributed by atoms with van der Waals surface area (Å²) in [5.41, 5.74) is -0.220. The van der Waals surface area contributed by atoms with Gasteiger partial charge in [-0.15, -0.1) is 0 Å². The number of carbonyl (C=O) groups excluding carboxylic acids is 1. The van der Waals surface area contributed by atoms with Crippen molar-refractivity contribution >= 4 is 11.9 Å². The molecule has 0 radical (unpaired) electrons. The van der Waals surface area contributed by atoms with Crippen LogP contribution in [0.1, 0.15) is 60.8 Å². The summed E-state index contributed by atoms with van der Waals surface area (Å²) in [5.74, 6) is 2.31. The molecule has 1 aliphatic rings. The van der Waals surface area contributed by atoms with Crippen LogP contribution in [0, 0.1) is 11.8 Å². The fourth-order valence-electron chi connectivity index (χ4n) is 3.59. The Hall–Kier alpha value is -1.30. The van der Waals surface area contributed by atoms with E-state index < -0.39 is 0 Å². The number of piperidine rings is 1. The van der Waals surface area contributed by atoms with E-state index in [9.17, 15) is 4.79 Å². The van der Waals surface area contributed by atoms with E-state index >= 15 is 0 Å². The number of carbonyl (C=O) groups is 1. The number of guanidine groups is 1. The Morgan fingerprint density at radius 3 is 2.35 bits per heavy atom. The second-order valence-corrected chi connectivity index (χ2v) is 8.83. The first kappa shape index (κ1) is 22.7. The Bertz CT molecular complexity index is 434. The van der Waals surface area contributed by atoms with Crippen molar-refractivity contribution in [1.82, 2.24) is 20.9 Å². The predicted molar refractivity (Wildman–Crippen MR) is 110 cm³/mol. The maximum atomic E-state index is 11.9. The maximum absolute atomic E-state index is 11.9. The molecule has 1 aliphatic heterocycles. The SMILES string of the molecule is CCNC(=NCC(=O)NC(C)(C)C)NCCCCN1CC(C)CC(C)C1. The molecule has 1 saturated heterocycles. The molecule has 152 valence electrons. The van der Waals surface area contributed by atoms with Gasteiger partial charge >= 0.3 is 0 Å². The zero-order valence-electron chi connectivity index (χ0n) is 17.8. The van der Waals surface area contributed by atoms with Crippen molar-refractivity contribution in [1.29, 1.82) is 0 Å². The normalized spacial score (nSPS) is 22.2. The lowest BCUT2D eigenvalue weighted by Crippen LogP contribution is -2.43. The number of unbranched alkanes of at least 4 members (excludes halogenated alkanes) is 1. The first-order valence-corrected chi connectivity index (χ1v) is 10.2. The van der Waals surface area contributed by atoms with Crippen molar-refractivity contribution in [2.24, 2.45) is 16.8 Å². The van der Waals surface area contributed by atoms with Crippen molar-refractivity contribution in [3.05, 3.63) is 0 Å². The number of nitrogens with zero attached hydrogens (tertiary/aromatic N) is 2. The third-order valence-corrected chi connectivity index (χ3v) is 4.38. The minimum Gasteiger partial charge on any atom is -0.357 e. The second kappa shape index (κ2) is 11.4. The van der Waals surface area contributed by atoms with Gasteiger partial charge in [0.15, 0.2) is 5.96 Å². The minimum absolute atomic E-state index is 0.0527. The van der Waals surface area contributed by atoms with Gasteiger partial charge in [-0.3, -0.25) is 4.79 Å². The molecule has 6 nitrogen and oxygen atoms in total. The van der Waals surface area contributed by atoms with Gasteiger partial charge in [-0.05, 0) is 65.3 Å². The van der Waals surface area contributed by atoms with Gasteiger partial charge in [0.2, 0.25) is 5.91 Å². The van der Waals surface area contributed by atoms with Crippen LogP contribution < -0.4 is 16.0 Å². The molecular weight excluding hydrogens is 326 g/mol. The zero-order valence-corrected chi connectivity index (χ0v) is 17.8. The lowest BCUT2D eigenvalue weighted by molar-refractivity contribution is -0.121. The van der Waals surface area contributed by atoms with E-state index in [1.165, 1.54) is 32.5 Å². The Morgan fingerprint density at radius 2 is 1.77 bits per heavy atom. The van der Waals surface area contributed by atoms with Crippen LogP contribution >= 0.6 is 0 Å². The molecule has 26 heavy (non-hydrogen) atoms. The first-order valence-electron chi connectivity index (χ1n) is 10.2. The molecule has 0 spiro atoms. The number of likely N-dealkylation sites (tertiary alicyclic amines) is 1. The Morgan fingerprint density at radius 1 is 1.12 bits per heavy atom. The Balaban J connectivity index is 2.26. The van der Waals surface area contributed by atoms with Crippen LogP contribution in [0.4, 0.5) is 0 Å². The smallest absolute Gasteiger partial charge is 0.242 e. The summed E-state index contributed by atoms with van der Waals surface area (Å²) in [5, 5.41) is 9.47. The average molecular weight is 368 g/mol. The van der Waals surface area contributed by atoms with E-state index in [1.54, 1.807) is 0 Å². The molecular formula is C20H41N5O. The first-order chi connectivity index (χ1) is 12.2. The van der Waals surface area contributed by atoms with Crippen molar-refractivity contribution in [2.75, 3.05) is 39.3 Å². The van der Waals surface area contributed by atoms with Crippen LogP contribution in [-0.2, 0) is 4.79 Å². The third kappa shape index (κ3) is 10.6. The number of hydrogen-bond donors (Lipinski definition) is 3. The summed E-state index contributed by atoms with van der Waals surface area (Å²) in [6, 6.07) is 0. The van der Waals surface area contributed by atoms with Gasteiger partial charge in [0.1, 0.15) is 6.54 Å². The fourth-order valence-corrected chi connectivity index (χ4v) is 3.59. The number of nitrogens with one attached hydrogen (secondary N) is 3. The van der Waals surface area contributed by atoms with Crippen molar-refractivity contribution in [2.45, 2.75) is 66.3 Å². The summed E-state index contributed by atoms with van der Waals surface area (Å²) in [6.07, 6.45) is 3.66. The summed E-state index contributed by atoms with van der Waals surface area (Å²) in [6.45, 7) is 18.2. The van der Waals surface area contributed by atoms with Crippen LogP contribution in [0.5, 0.6) is 0 Å². The van der Waals surface area contributed by atoms with Crippen LogP contribution in [0.25, 0.3) is 0 Å². The van der Waals surface area contributed by atoms with Gasteiger partial charge in [0, 0.05) is 31.7 Å². The van der Waals surface area contributed by atoms with Crippen LogP contribution in [-0.4, -0.2) is 61.6 Å². The van der Waals surface area contributed by atoms with E-state index in [4.69, 9.17) is 0 Å². The number of aliphatic imine (C=N–C) groups is 1. The molecule has 0 saturated carbocycles. The topological polar surface area (TPSA) is 68.8 Å². The molecule has 0 aromatic carbocycles. The summed E-state index contributed by atoms with van der Waals surface area (Å²) in [4.78, 5) is 18.9. The number of amides is 1. The third-order valence-electron chi connectivity index (χ3n) is 4.38. The van der Waals surface area contributed by atoms with Crippen LogP contribution in [0.3, 0.4) is 0 Å². The standard InChI is InChI=1S/C20H41N5O/c1-7-21-19(23-13-18(26)24-20(4,5)6)22-10-8-9-11-25-14-16(2)12-17(3)15-25/h16-17H,7-15H2,1-6H3,(H,24,26)(H2,21,22,23). The highest BCUT2D eigenvalue weighted by atomic mass is 16.2. The molecule has 0 aromatic rings. The molecule has 0 aromatic heterocycles. The number of hydrogen-bond acceptors (Lipinski definition) is 3. The molecule has 1 fully saturated rings. The maximum Gasteiger partial charge on any atom is 0.242 e. The average Bonchev–Trinajstić information content (AvgIpc) is 2.49. The Labute approximate surface area is 160 Å². The van der Waals surface area contributed by atoms with E-state index in [1.807, 2.05) is 27.7 Å². The molecule has 2 atom stereocenters. The molecule has 2 unspecified atom stereocenters. The van der Waals surface area contributed by atoms with Gasteiger partial charge in [0.25, 0.3) is 0 Å². The number of rotatable bonds is 8. The van der Waals surface area contributed by atoms with Gasteiger partial charge < -0.3 is 20.9 Å². The van der Waals surface area contributed by atoms with Crippen LogP contribution in [0.15, 0.2) is 4.99 Å². The largest absolute Gasteiger partial charge is 0.357 e. The van der Waals surface area contributed by atoms with Gasteiger partial charge in [-0.25, -0.2) is 4.99 Å². The van der Waals surface area contributed by atoms with E-state index in [0.29, 0.717) is 0 Å². The highest BCUT2D eigenvalue weighted by Crippen LogP contribution is 2.20. The summed E-state index contributed by atoms with van der Waals surface area (Å²) >= 11 is 0. The van der Waals surface area contributed by atoms with Gasteiger partial charge in [0.05, 0.1) is 0 Å². The molecule has 0 bridgehead atoms. The lowest BCUT2D eigenvalue weighted by Gasteiger charge is -2.34. The molecule has 6 heteroatoms. The van der Waals surface area contributed by atoms with E-state index in [0.717, 1.165) is 37.3 Å². The van der Waals surface area contributed by atoms with Crippen molar-refractivity contribution in [3.8, 4) is 0 Å². The second-order valence-electron chi connectivity index (χ2n) is 8.83. The zero-order chi connectivity index (χ0) is 19.6. The molecule has 1 rings (SSSR count). The fraction of sp³-hybridized carbons (Fsp3) is 0.900. The van der Waals surface area contributed by atoms with Gasteiger partial charge in [-0.1, -0.05) is 13.8 Å². The van der Waals surface area contributed by atoms with E-state index in [2.05, 4.69) is 39.7 Å². The minimum atomic E-state index is -0.220. The van der Waals surface area contributed by atoms with E-state index in [-0.39, 0.29) is 18.0 Å². The summed E-state index contributed by atoms with van der Waals surface area (Å²) < 4.78 is 0. The Kier molecular flexibility index (Phi) is 9.99. The quantitative estimate of drug-likeness (QED) is 0.350. The molecule has 3 N–H and O–H groups in total. The lowest BCUT2D eigenvalue weighted by atomic mass is 9.92. The van der Waals surface area contributed by atoms with Crippen molar-refractivity contribution < 1.29 is 4.79 Å². The monoisotopic (exact) mass is 367 g/mol.